The van der Waals surface area contributed by atoms with Gasteiger partial charge in [-0.3, -0.25) is 4.79 Å². The first-order valence-corrected chi connectivity index (χ1v) is 8.93. The highest BCUT2D eigenvalue weighted by Crippen LogP contribution is 2.30. The Kier molecular flexibility index (Phi) is 6.24. The van der Waals surface area contributed by atoms with Crippen molar-refractivity contribution in [1.29, 1.82) is 0 Å². The van der Waals surface area contributed by atoms with Crippen molar-refractivity contribution in [2.75, 3.05) is 7.11 Å². The molecule has 2 rings (SSSR count). The molecule has 1 amide bonds. The van der Waals surface area contributed by atoms with Crippen molar-refractivity contribution in [1.82, 2.24) is 5.32 Å². The highest BCUT2D eigenvalue weighted by Gasteiger charge is 2.19. The fourth-order valence-electron chi connectivity index (χ4n) is 3.18. The Bertz CT molecular complexity index is 750. The van der Waals surface area contributed by atoms with E-state index in [9.17, 15) is 4.79 Å². The lowest BCUT2D eigenvalue weighted by atomic mass is 9.95. The molecule has 0 spiro atoms. The molecule has 1 N–H and O–H groups in total. The number of hydrogen-bond acceptors (Lipinski definition) is 2. The summed E-state index contributed by atoms with van der Waals surface area (Å²) in [7, 11) is 1.67. The molecule has 0 fully saturated rings. The van der Waals surface area contributed by atoms with Gasteiger partial charge in [-0.25, -0.2) is 0 Å². The SMILES string of the molecule is CC[C@H](NC(=O)c1cc(C(C)C)c(OC)cc1C)c1ccccc1C. The minimum Gasteiger partial charge on any atom is -0.496 e. The number of carbonyl (C=O) groups is 1. The molecule has 0 saturated carbocycles. The topological polar surface area (TPSA) is 38.3 Å². The van der Waals surface area contributed by atoms with E-state index in [2.05, 4.69) is 45.1 Å². The summed E-state index contributed by atoms with van der Waals surface area (Å²) in [6.07, 6.45) is 0.850. The summed E-state index contributed by atoms with van der Waals surface area (Å²) in [6, 6.07) is 12.2. The van der Waals surface area contributed by atoms with E-state index in [0.29, 0.717) is 5.92 Å². The second-order valence-electron chi connectivity index (χ2n) is 6.85. The molecule has 2 aromatic rings. The minimum atomic E-state index is -0.0304. The monoisotopic (exact) mass is 339 g/mol. The summed E-state index contributed by atoms with van der Waals surface area (Å²) in [5.41, 5.74) is 5.08. The van der Waals surface area contributed by atoms with Crippen molar-refractivity contribution in [3.8, 4) is 5.75 Å². The van der Waals surface area contributed by atoms with Crippen molar-refractivity contribution in [3.05, 3.63) is 64.2 Å². The van der Waals surface area contributed by atoms with E-state index in [-0.39, 0.29) is 11.9 Å². The number of ether oxygens (including phenoxy) is 1. The van der Waals surface area contributed by atoms with Gasteiger partial charge >= 0.3 is 0 Å². The Labute approximate surface area is 151 Å². The fourth-order valence-corrected chi connectivity index (χ4v) is 3.18. The zero-order valence-corrected chi connectivity index (χ0v) is 16.1. The summed E-state index contributed by atoms with van der Waals surface area (Å²) in [5, 5.41) is 3.20. The molecule has 3 nitrogen and oxygen atoms in total. The molecular formula is C22H29NO2. The Balaban J connectivity index is 2.34. The van der Waals surface area contributed by atoms with E-state index in [4.69, 9.17) is 4.74 Å². The van der Waals surface area contributed by atoms with Crippen molar-refractivity contribution in [3.63, 3.8) is 0 Å². The first-order chi connectivity index (χ1) is 11.9. The van der Waals surface area contributed by atoms with Crippen LogP contribution in [0, 0.1) is 13.8 Å². The molecule has 0 unspecified atom stereocenters. The van der Waals surface area contributed by atoms with Crippen molar-refractivity contribution < 1.29 is 9.53 Å². The number of benzene rings is 2. The molecule has 0 heterocycles. The molecule has 0 aromatic heterocycles. The Morgan fingerprint density at radius 1 is 1.08 bits per heavy atom. The van der Waals surface area contributed by atoms with Gasteiger partial charge in [0.2, 0.25) is 0 Å². The van der Waals surface area contributed by atoms with Crippen LogP contribution in [0.25, 0.3) is 0 Å². The molecule has 0 bridgehead atoms. The quantitative estimate of drug-likeness (QED) is 0.774. The maximum atomic E-state index is 12.9. The smallest absolute Gasteiger partial charge is 0.252 e. The van der Waals surface area contributed by atoms with Crippen LogP contribution in [0.5, 0.6) is 5.75 Å². The zero-order chi connectivity index (χ0) is 18.6. The van der Waals surface area contributed by atoms with Crippen LogP contribution in [0.1, 0.15) is 71.8 Å². The molecule has 0 aliphatic carbocycles. The Morgan fingerprint density at radius 2 is 1.76 bits per heavy atom. The van der Waals surface area contributed by atoms with Gasteiger partial charge in [-0.05, 0) is 60.6 Å². The standard InChI is InChI=1S/C22H29NO2/c1-7-20(17-11-9-8-10-15(17)4)23-22(24)19-13-18(14(2)3)21(25-6)12-16(19)5/h8-14,20H,7H2,1-6H3,(H,23,24)/t20-/m0/s1. The van der Waals surface area contributed by atoms with Gasteiger partial charge in [-0.15, -0.1) is 0 Å². The predicted molar refractivity (Wildman–Crippen MR) is 103 cm³/mol. The molecule has 0 radical (unpaired) electrons. The van der Waals surface area contributed by atoms with Crippen LogP contribution in [0.2, 0.25) is 0 Å². The summed E-state index contributed by atoms with van der Waals surface area (Å²) < 4.78 is 5.48. The Hall–Kier alpha value is -2.29. The molecule has 0 aliphatic heterocycles. The lowest BCUT2D eigenvalue weighted by Crippen LogP contribution is -2.29. The van der Waals surface area contributed by atoms with Crippen LogP contribution in [0.4, 0.5) is 0 Å². The molecule has 2 aromatic carbocycles. The molecule has 3 heteroatoms. The number of rotatable bonds is 6. The van der Waals surface area contributed by atoms with Crippen molar-refractivity contribution >= 4 is 5.91 Å². The lowest BCUT2D eigenvalue weighted by Gasteiger charge is -2.21. The third-order valence-corrected chi connectivity index (χ3v) is 4.72. The number of nitrogens with one attached hydrogen (secondary N) is 1. The highest BCUT2D eigenvalue weighted by atomic mass is 16.5. The van der Waals surface area contributed by atoms with Crippen LogP contribution in [0.3, 0.4) is 0 Å². The summed E-state index contributed by atoms with van der Waals surface area (Å²) in [5.74, 6) is 1.10. The lowest BCUT2D eigenvalue weighted by molar-refractivity contribution is 0.0934. The number of methoxy groups -OCH3 is 1. The average molecular weight is 339 g/mol. The molecule has 25 heavy (non-hydrogen) atoms. The second-order valence-corrected chi connectivity index (χ2v) is 6.85. The molecular weight excluding hydrogens is 310 g/mol. The van der Waals surface area contributed by atoms with Gasteiger partial charge in [0.15, 0.2) is 0 Å². The normalized spacial score (nSPS) is 12.1. The van der Waals surface area contributed by atoms with E-state index < -0.39 is 0 Å². The number of hydrogen-bond donors (Lipinski definition) is 1. The first-order valence-electron chi connectivity index (χ1n) is 8.93. The second kappa shape index (κ2) is 8.19. The van der Waals surface area contributed by atoms with Gasteiger partial charge in [0.1, 0.15) is 5.75 Å². The number of aryl methyl sites for hydroxylation is 2. The predicted octanol–water partition coefficient (Wildman–Crippen LogP) is 5.32. The van der Waals surface area contributed by atoms with Crippen LogP contribution >= 0.6 is 0 Å². The number of amides is 1. The van der Waals surface area contributed by atoms with E-state index >= 15 is 0 Å². The van der Waals surface area contributed by atoms with Gasteiger partial charge in [0.05, 0.1) is 13.2 Å². The van der Waals surface area contributed by atoms with Crippen LogP contribution in [-0.2, 0) is 0 Å². The maximum Gasteiger partial charge on any atom is 0.252 e. The van der Waals surface area contributed by atoms with Crippen LogP contribution in [0.15, 0.2) is 36.4 Å². The average Bonchev–Trinajstić information content (AvgIpc) is 2.59. The van der Waals surface area contributed by atoms with Crippen LogP contribution < -0.4 is 10.1 Å². The third kappa shape index (κ3) is 4.22. The van der Waals surface area contributed by atoms with E-state index in [1.54, 1.807) is 7.11 Å². The summed E-state index contributed by atoms with van der Waals surface area (Å²) in [4.78, 5) is 12.9. The van der Waals surface area contributed by atoms with E-state index in [1.165, 1.54) is 11.1 Å². The van der Waals surface area contributed by atoms with Gasteiger partial charge in [0.25, 0.3) is 5.91 Å². The molecule has 0 saturated heterocycles. The number of carbonyl (C=O) groups excluding carboxylic acids is 1. The van der Waals surface area contributed by atoms with Crippen molar-refractivity contribution in [2.45, 2.75) is 53.0 Å². The highest BCUT2D eigenvalue weighted by molar-refractivity contribution is 5.96. The van der Waals surface area contributed by atoms with Gasteiger partial charge in [-0.1, -0.05) is 45.0 Å². The largest absolute Gasteiger partial charge is 0.496 e. The summed E-state index contributed by atoms with van der Waals surface area (Å²) >= 11 is 0. The van der Waals surface area contributed by atoms with E-state index in [0.717, 1.165) is 28.9 Å². The van der Waals surface area contributed by atoms with Crippen molar-refractivity contribution in [2.24, 2.45) is 0 Å². The molecule has 0 aliphatic rings. The van der Waals surface area contributed by atoms with Gasteiger partial charge in [0, 0.05) is 5.56 Å². The van der Waals surface area contributed by atoms with Gasteiger partial charge in [-0.2, -0.15) is 0 Å². The van der Waals surface area contributed by atoms with E-state index in [1.807, 2.05) is 31.2 Å². The fraction of sp³-hybridized carbons (Fsp3) is 0.409. The van der Waals surface area contributed by atoms with Crippen LogP contribution in [-0.4, -0.2) is 13.0 Å². The molecule has 134 valence electrons. The first kappa shape index (κ1) is 19.0. The minimum absolute atomic E-state index is 0.0118. The maximum absolute atomic E-state index is 12.9. The van der Waals surface area contributed by atoms with Gasteiger partial charge < -0.3 is 10.1 Å². The molecule has 1 atom stereocenters. The summed E-state index contributed by atoms with van der Waals surface area (Å²) in [6.45, 7) is 10.3. The zero-order valence-electron chi connectivity index (χ0n) is 16.1. The Morgan fingerprint density at radius 3 is 2.32 bits per heavy atom. The third-order valence-electron chi connectivity index (χ3n) is 4.72.